The highest BCUT2D eigenvalue weighted by Gasteiger charge is 2.30. The molecule has 0 aliphatic carbocycles. The smallest absolute Gasteiger partial charge is 0.416 e. The quantitative estimate of drug-likeness (QED) is 0.490. The number of benzene rings is 2. The van der Waals surface area contributed by atoms with Crippen molar-refractivity contribution in [2.45, 2.75) is 6.18 Å². The molecule has 0 unspecified atom stereocenters. The van der Waals surface area contributed by atoms with E-state index in [1.165, 1.54) is 36.4 Å². The van der Waals surface area contributed by atoms with Crippen molar-refractivity contribution in [2.24, 2.45) is 0 Å². The molecule has 1 N–H and O–H groups in total. The average Bonchev–Trinajstić information content (AvgIpc) is 2.58. The van der Waals surface area contributed by atoms with Gasteiger partial charge in [-0.3, -0.25) is 14.9 Å². The normalized spacial score (nSPS) is 11.0. The van der Waals surface area contributed by atoms with Crippen molar-refractivity contribution in [3.8, 4) is 5.75 Å². The van der Waals surface area contributed by atoms with Crippen LogP contribution in [-0.4, -0.2) is 24.0 Å². The Hall–Kier alpha value is -3.10. The molecule has 2 aromatic carbocycles. The molecule has 0 aliphatic rings. The van der Waals surface area contributed by atoms with Gasteiger partial charge in [-0.25, -0.2) is 0 Å². The van der Waals surface area contributed by atoms with Crippen LogP contribution in [0, 0.1) is 10.1 Å². The minimum atomic E-state index is -4.47. The van der Waals surface area contributed by atoms with Crippen LogP contribution in [-0.2, 0) is 6.18 Å². The highest BCUT2D eigenvalue weighted by atomic mass is 19.4. The monoisotopic (exact) mass is 354 g/mol. The zero-order chi connectivity index (χ0) is 18.4. The second-order valence-corrected chi connectivity index (χ2v) is 4.90. The second kappa shape index (κ2) is 7.65. The molecule has 0 fully saturated rings. The summed E-state index contributed by atoms with van der Waals surface area (Å²) in [6.07, 6.45) is -4.47. The van der Waals surface area contributed by atoms with Crippen LogP contribution in [0.1, 0.15) is 15.9 Å². The van der Waals surface area contributed by atoms with E-state index in [9.17, 15) is 28.1 Å². The number of nitrogens with one attached hydrogen (secondary N) is 1. The van der Waals surface area contributed by atoms with Crippen molar-refractivity contribution in [1.29, 1.82) is 0 Å². The van der Waals surface area contributed by atoms with E-state index in [1.54, 1.807) is 0 Å². The van der Waals surface area contributed by atoms with Gasteiger partial charge in [0.1, 0.15) is 17.9 Å². The van der Waals surface area contributed by atoms with Crippen molar-refractivity contribution in [3.63, 3.8) is 0 Å². The summed E-state index contributed by atoms with van der Waals surface area (Å²) in [5.41, 5.74) is -1.28. The number of carbonyl (C=O) groups excluding carboxylic acids is 1. The van der Waals surface area contributed by atoms with Gasteiger partial charge in [0.05, 0.1) is 17.0 Å². The number of hydrogen-bond donors (Lipinski definition) is 1. The molecule has 0 heterocycles. The summed E-state index contributed by atoms with van der Waals surface area (Å²) in [5.74, 6) is -0.658. The number of alkyl halides is 3. The van der Waals surface area contributed by atoms with Crippen molar-refractivity contribution in [3.05, 3.63) is 69.8 Å². The number of hydrogen-bond acceptors (Lipinski definition) is 4. The molecule has 0 spiro atoms. The van der Waals surface area contributed by atoms with E-state index in [1.807, 2.05) is 0 Å². The maximum absolute atomic E-state index is 12.6. The fraction of sp³-hybridized carbons (Fsp3) is 0.188. The molecule has 132 valence electrons. The lowest BCUT2D eigenvalue weighted by Crippen LogP contribution is -2.28. The lowest BCUT2D eigenvalue weighted by atomic mass is 10.1. The summed E-state index contributed by atoms with van der Waals surface area (Å²) in [5, 5.41) is 13.3. The van der Waals surface area contributed by atoms with Crippen molar-refractivity contribution in [2.75, 3.05) is 13.2 Å². The first-order valence-electron chi connectivity index (χ1n) is 7.10. The van der Waals surface area contributed by atoms with Gasteiger partial charge in [-0.2, -0.15) is 13.2 Å². The van der Waals surface area contributed by atoms with Crippen LogP contribution in [0.25, 0.3) is 0 Å². The lowest BCUT2D eigenvalue weighted by Gasteiger charge is -2.11. The third-order valence-corrected chi connectivity index (χ3v) is 3.16. The Morgan fingerprint density at radius 3 is 2.56 bits per heavy atom. The van der Waals surface area contributed by atoms with Crippen molar-refractivity contribution in [1.82, 2.24) is 5.32 Å². The third kappa shape index (κ3) is 4.93. The summed E-state index contributed by atoms with van der Waals surface area (Å²) >= 11 is 0. The fourth-order valence-corrected chi connectivity index (χ4v) is 2.02. The SMILES string of the molecule is O=C(NCCOc1cccc(C(F)(F)F)c1)c1ccccc1[N+](=O)[O-]. The molecule has 0 aromatic heterocycles. The van der Waals surface area contributed by atoms with Crippen LogP contribution in [0.3, 0.4) is 0 Å². The highest BCUT2D eigenvalue weighted by Crippen LogP contribution is 2.31. The van der Waals surface area contributed by atoms with Crippen LogP contribution in [0.5, 0.6) is 5.75 Å². The van der Waals surface area contributed by atoms with Gasteiger partial charge in [0.15, 0.2) is 0 Å². The fourth-order valence-electron chi connectivity index (χ4n) is 2.02. The van der Waals surface area contributed by atoms with Crippen molar-refractivity contribution >= 4 is 11.6 Å². The first-order chi connectivity index (χ1) is 11.8. The summed E-state index contributed by atoms with van der Waals surface area (Å²) < 4.78 is 42.9. The summed E-state index contributed by atoms with van der Waals surface area (Å²) in [4.78, 5) is 22.1. The summed E-state index contributed by atoms with van der Waals surface area (Å²) in [6.45, 7) is -0.116. The molecular formula is C16H13F3N2O4. The van der Waals surface area contributed by atoms with Gasteiger partial charge in [0.2, 0.25) is 0 Å². The molecule has 0 atom stereocenters. The maximum Gasteiger partial charge on any atom is 0.416 e. The van der Waals surface area contributed by atoms with Crippen LogP contribution in [0.2, 0.25) is 0 Å². The van der Waals surface area contributed by atoms with E-state index in [0.717, 1.165) is 12.1 Å². The summed E-state index contributed by atoms with van der Waals surface area (Å²) in [6, 6.07) is 9.78. The number of ether oxygens (including phenoxy) is 1. The Morgan fingerprint density at radius 2 is 1.88 bits per heavy atom. The number of nitro groups is 1. The number of carbonyl (C=O) groups is 1. The number of nitrogens with zero attached hydrogens (tertiary/aromatic N) is 1. The van der Waals surface area contributed by atoms with Gasteiger partial charge >= 0.3 is 6.18 Å². The molecule has 25 heavy (non-hydrogen) atoms. The van der Waals surface area contributed by atoms with Crippen LogP contribution in [0.4, 0.5) is 18.9 Å². The van der Waals surface area contributed by atoms with Gasteiger partial charge in [0.25, 0.3) is 11.6 Å². The average molecular weight is 354 g/mol. The van der Waals surface area contributed by atoms with E-state index < -0.39 is 22.6 Å². The Balaban J connectivity index is 1.90. The predicted octanol–water partition coefficient (Wildman–Crippen LogP) is 3.42. The molecule has 2 aromatic rings. The van der Waals surface area contributed by atoms with E-state index in [4.69, 9.17) is 4.74 Å². The zero-order valence-corrected chi connectivity index (χ0v) is 12.7. The topological polar surface area (TPSA) is 81.5 Å². The van der Waals surface area contributed by atoms with Crippen molar-refractivity contribution < 1.29 is 27.6 Å². The van der Waals surface area contributed by atoms with Gasteiger partial charge in [0, 0.05) is 6.07 Å². The van der Waals surface area contributed by atoms with Gasteiger partial charge in [-0.05, 0) is 24.3 Å². The third-order valence-electron chi connectivity index (χ3n) is 3.16. The van der Waals surface area contributed by atoms with E-state index in [2.05, 4.69) is 5.32 Å². The molecule has 1 amide bonds. The molecule has 0 aliphatic heterocycles. The maximum atomic E-state index is 12.6. The molecule has 0 bridgehead atoms. The highest BCUT2D eigenvalue weighted by molar-refractivity contribution is 5.98. The Kier molecular flexibility index (Phi) is 5.58. The number of halogens is 3. The molecule has 0 saturated heterocycles. The van der Waals surface area contributed by atoms with Gasteiger partial charge in [-0.15, -0.1) is 0 Å². The number of rotatable bonds is 6. The zero-order valence-electron chi connectivity index (χ0n) is 12.7. The number of nitro benzene ring substituents is 1. The Bertz CT molecular complexity index is 778. The minimum Gasteiger partial charge on any atom is -0.492 e. The summed E-state index contributed by atoms with van der Waals surface area (Å²) in [7, 11) is 0. The van der Waals surface area contributed by atoms with E-state index in [0.29, 0.717) is 0 Å². The molecule has 6 nitrogen and oxygen atoms in total. The number of amides is 1. The minimum absolute atomic E-state index is 0.00904. The molecule has 9 heteroatoms. The van der Waals surface area contributed by atoms with Crippen LogP contribution < -0.4 is 10.1 Å². The first-order valence-corrected chi connectivity index (χ1v) is 7.10. The van der Waals surface area contributed by atoms with Crippen LogP contribution >= 0.6 is 0 Å². The molecule has 0 radical (unpaired) electrons. The van der Waals surface area contributed by atoms with Crippen LogP contribution in [0.15, 0.2) is 48.5 Å². The van der Waals surface area contributed by atoms with Gasteiger partial charge < -0.3 is 10.1 Å². The second-order valence-electron chi connectivity index (χ2n) is 4.90. The standard InChI is InChI=1S/C16H13F3N2O4/c17-16(18,19)11-4-3-5-12(10-11)25-9-8-20-15(22)13-6-1-2-7-14(13)21(23)24/h1-7,10H,8-9H2,(H,20,22). The largest absolute Gasteiger partial charge is 0.492 e. The van der Waals surface area contributed by atoms with E-state index in [-0.39, 0.29) is 30.2 Å². The molecular weight excluding hydrogens is 341 g/mol. The van der Waals surface area contributed by atoms with E-state index >= 15 is 0 Å². The number of para-hydroxylation sites is 1. The van der Waals surface area contributed by atoms with Gasteiger partial charge in [-0.1, -0.05) is 18.2 Å². The first kappa shape index (κ1) is 18.2. The predicted molar refractivity (Wildman–Crippen MR) is 82.4 cm³/mol. The molecule has 0 saturated carbocycles. The Morgan fingerprint density at radius 1 is 1.16 bits per heavy atom. The lowest BCUT2D eigenvalue weighted by molar-refractivity contribution is -0.385. The Labute approximate surface area is 140 Å². The molecule has 2 rings (SSSR count).